The second kappa shape index (κ2) is 7.15. The molecule has 0 saturated carbocycles. The lowest BCUT2D eigenvalue weighted by Crippen LogP contribution is -2.42. The lowest BCUT2D eigenvalue weighted by molar-refractivity contribution is 0.410. The highest BCUT2D eigenvalue weighted by Crippen LogP contribution is 2.30. The van der Waals surface area contributed by atoms with E-state index < -0.39 is 0 Å². The number of piperidine rings is 1. The normalized spacial score (nSPS) is 16.7. The number of nitrogens with one attached hydrogen (secondary N) is 1. The number of anilines is 1. The fourth-order valence-electron chi connectivity index (χ4n) is 2.54. The van der Waals surface area contributed by atoms with Gasteiger partial charge in [0.05, 0.1) is 11.6 Å². The highest BCUT2D eigenvalue weighted by molar-refractivity contribution is 9.10. The summed E-state index contributed by atoms with van der Waals surface area (Å²) in [5.41, 5.74) is 1.28. The summed E-state index contributed by atoms with van der Waals surface area (Å²) in [6.45, 7) is 5.61. The zero-order valence-electron chi connectivity index (χ0n) is 11.8. The molecular formula is C15H23BrN2O. The van der Waals surface area contributed by atoms with E-state index in [1.54, 1.807) is 7.11 Å². The minimum absolute atomic E-state index is 0.692. The van der Waals surface area contributed by atoms with Crippen molar-refractivity contribution in [1.82, 2.24) is 5.32 Å². The molecule has 0 bridgehead atoms. The highest BCUT2D eigenvalue weighted by atomic mass is 79.9. The minimum Gasteiger partial charge on any atom is -0.496 e. The molecule has 2 rings (SSSR count). The Balaban J connectivity index is 1.92. The summed E-state index contributed by atoms with van der Waals surface area (Å²) in [4.78, 5) is 2.45. The SMILES string of the molecule is CCCNC1CCN(c2ccc(OC)c(Br)c2)CC1. The molecule has 1 fully saturated rings. The molecule has 106 valence electrons. The molecule has 0 aromatic heterocycles. The Morgan fingerprint density at radius 1 is 1.37 bits per heavy atom. The average molecular weight is 327 g/mol. The third-order valence-corrected chi connectivity index (χ3v) is 4.30. The quantitative estimate of drug-likeness (QED) is 0.897. The van der Waals surface area contributed by atoms with Crippen molar-refractivity contribution in [3.8, 4) is 5.75 Å². The standard InChI is InChI=1S/C15H23BrN2O/c1-3-8-17-12-6-9-18(10-7-12)13-4-5-15(19-2)14(16)11-13/h4-5,11-12,17H,3,6-10H2,1-2H3. The molecule has 3 nitrogen and oxygen atoms in total. The molecule has 0 spiro atoms. The van der Waals surface area contributed by atoms with Crippen LogP contribution in [0, 0.1) is 0 Å². The van der Waals surface area contributed by atoms with Crippen molar-refractivity contribution in [3.63, 3.8) is 0 Å². The van der Waals surface area contributed by atoms with E-state index in [1.165, 1.54) is 24.9 Å². The summed E-state index contributed by atoms with van der Waals surface area (Å²) in [6, 6.07) is 7.01. The Kier molecular flexibility index (Phi) is 5.52. The first-order valence-electron chi connectivity index (χ1n) is 7.06. The Morgan fingerprint density at radius 3 is 2.68 bits per heavy atom. The summed E-state index contributed by atoms with van der Waals surface area (Å²) < 4.78 is 6.30. The summed E-state index contributed by atoms with van der Waals surface area (Å²) in [5, 5.41) is 3.62. The molecule has 1 N–H and O–H groups in total. The van der Waals surface area contributed by atoms with Crippen LogP contribution < -0.4 is 15.0 Å². The maximum Gasteiger partial charge on any atom is 0.133 e. The van der Waals surface area contributed by atoms with E-state index in [9.17, 15) is 0 Å². The number of hydrogen-bond acceptors (Lipinski definition) is 3. The largest absolute Gasteiger partial charge is 0.496 e. The third kappa shape index (κ3) is 3.86. The first-order valence-corrected chi connectivity index (χ1v) is 7.85. The smallest absolute Gasteiger partial charge is 0.133 e. The summed E-state index contributed by atoms with van der Waals surface area (Å²) in [6.07, 6.45) is 3.67. The molecule has 0 atom stereocenters. The molecule has 1 saturated heterocycles. The molecule has 1 aromatic carbocycles. The Morgan fingerprint density at radius 2 is 2.11 bits per heavy atom. The number of ether oxygens (including phenoxy) is 1. The van der Waals surface area contributed by atoms with Gasteiger partial charge in [-0.05, 0) is 59.9 Å². The number of rotatable bonds is 5. The van der Waals surface area contributed by atoms with Gasteiger partial charge in [0, 0.05) is 24.8 Å². The van der Waals surface area contributed by atoms with Crippen molar-refractivity contribution in [2.75, 3.05) is 31.6 Å². The van der Waals surface area contributed by atoms with Crippen LogP contribution in [0.1, 0.15) is 26.2 Å². The molecule has 1 aliphatic heterocycles. The second-order valence-corrected chi connectivity index (χ2v) is 5.89. The van der Waals surface area contributed by atoms with Crippen LogP contribution in [-0.2, 0) is 0 Å². The first kappa shape index (κ1) is 14.7. The number of nitrogens with zero attached hydrogens (tertiary/aromatic N) is 1. The van der Waals surface area contributed by atoms with Gasteiger partial charge in [0.1, 0.15) is 5.75 Å². The van der Waals surface area contributed by atoms with Crippen molar-refractivity contribution in [3.05, 3.63) is 22.7 Å². The van der Waals surface area contributed by atoms with Crippen molar-refractivity contribution >= 4 is 21.6 Å². The van der Waals surface area contributed by atoms with E-state index in [1.807, 2.05) is 6.07 Å². The van der Waals surface area contributed by atoms with Gasteiger partial charge in [-0.3, -0.25) is 0 Å². The van der Waals surface area contributed by atoms with Gasteiger partial charge in [-0.15, -0.1) is 0 Å². The van der Waals surface area contributed by atoms with Gasteiger partial charge >= 0.3 is 0 Å². The van der Waals surface area contributed by atoms with Crippen LogP contribution in [0.3, 0.4) is 0 Å². The second-order valence-electron chi connectivity index (χ2n) is 5.03. The van der Waals surface area contributed by atoms with Gasteiger partial charge in [0.25, 0.3) is 0 Å². The van der Waals surface area contributed by atoms with Gasteiger partial charge in [-0.1, -0.05) is 6.92 Å². The minimum atomic E-state index is 0.692. The van der Waals surface area contributed by atoms with E-state index in [2.05, 4.69) is 45.2 Å². The van der Waals surface area contributed by atoms with Crippen LogP contribution in [0.4, 0.5) is 5.69 Å². The van der Waals surface area contributed by atoms with Gasteiger partial charge < -0.3 is 15.0 Å². The lowest BCUT2D eigenvalue weighted by atomic mass is 10.0. The van der Waals surface area contributed by atoms with Crippen LogP contribution in [0.5, 0.6) is 5.75 Å². The molecule has 1 heterocycles. The predicted molar refractivity (Wildman–Crippen MR) is 84.2 cm³/mol. The molecule has 19 heavy (non-hydrogen) atoms. The fourth-order valence-corrected chi connectivity index (χ4v) is 3.07. The van der Waals surface area contributed by atoms with E-state index in [0.29, 0.717) is 6.04 Å². The van der Waals surface area contributed by atoms with Crippen molar-refractivity contribution in [1.29, 1.82) is 0 Å². The fraction of sp³-hybridized carbons (Fsp3) is 0.600. The number of methoxy groups -OCH3 is 1. The topological polar surface area (TPSA) is 24.5 Å². The van der Waals surface area contributed by atoms with Gasteiger partial charge in [0.15, 0.2) is 0 Å². The van der Waals surface area contributed by atoms with Crippen LogP contribution in [0.25, 0.3) is 0 Å². The van der Waals surface area contributed by atoms with Gasteiger partial charge in [0.2, 0.25) is 0 Å². The van der Waals surface area contributed by atoms with E-state index in [4.69, 9.17) is 4.74 Å². The molecular weight excluding hydrogens is 304 g/mol. The average Bonchev–Trinajstić information content (AvgIpc) is 2.45. The summed E-state index contributed by atoms with van der Waals surface area (Å²) in [5.74, 6) is 0.892. The maximum atomic E-state index is 5.27. The Bertz CT molecular complexity index is 403. The van der Waals surface area contributed by atoms with Crippen molar-refractivity contribution in [2.24, 2.45) is 0 Å². The van der Waals surface area contributed by atoms with Crippen LogP contribution >= 0.6 is 15.9 Å². The van der Waals surface area contributed by atoms with Gasteiger partial charge in [-0.2, -0.15) is 0 Å². The number of hydrogen-bond donors (Lipinski definition) is 1. The third-order valence-electron chi connectivity index (χ3n) is 3.68. The van der Waals surface area contributed by atoms with E-state index in [0.717, 1.165) is 29.9 Å². The first-order chi connectivity index (χ1) is 9.24. The number of halogens is 1. The molecule has 0 radical (unpaired) electrons. The molecule has 4 heteroatoms. The summed E-state index contributed by atoms with van der Waals surface area (Å²) >= 11 is 3.56. The molecule has 0 aliphatic carbocycles. The van der Waals surface area contributed by atoms with Crippen molar-refractivity contribution < 1.29 is 4.74 Å². The lowest BCUT2D eigenvalue weighted by Gasteiger charge is -2.34. The van der Waals surface area contributed by atoms with Crippen molar-refractivity contribution in [2.45, 2.75) is 32.2 Å². The molecule has 0 unspecified atom stereocenters. The Hall–Kier alpha value is -0.740. The zero-order chi connectivity index (χ0) is 13.7. The van der Waals surface area contributed by atoms with E-state index in [-0.39, 0.29) is 0 Å². The Labute approximate surface area is 124 Å². The number of benzene rings is 1. The monoisotopic (exact) mass is 326 g/mol. The van der Waals surface area contributed by atoms with E-state index >= 15 is 0 Å². The summed E-state index contributed by atoms with van der Waals surface area (Å²) in [7, 11) is 1.70. The predicted octanol–water partition coefficient (Wildman–Crippen LogP) is 3.43. The highest BCUT2D eigenvalue weighted by Gasteiger charge is 2.19. The molecule has 0 amide bonds. The molecule has 1 aliphatic rings. The van der Waals surface area contributed by atoms with Crippen LogP contribution in [-0.4, -0.2) is 32.8 Å². The van der Waals surface area contributed by atoms with Gasteiger partial charge in [-0.25, -0.2) is 0 Å². The maximum absolute atomic E-state index is 5.27. The van der Waals surface area contributed by atoms with Crippen LogP contribution in [0.15, 0.2) is 22.7 Å². The molecule has 1 aromatic rings. The van der Waals surface area contributed by atoms with Crippen LogP contribution in [0.2, 0.25) is 0 Å². The zero-order valence-corrected chi connectivity index (χ0v) is 13.4.